The van der Waals surface area contributed by atoms with E-state index in [2.05, 4.69) is 25.7 Å². The van der Waals surface area contributed by atoms with Gasteiger partial charge in [0.05, 0.1) is 6.61 Å². The van der Waals surface area contributed by atoms with Gasteiger partial charge in [0.1, 0.15) is 11.7 Å². The Hall–Kier alpha value is -0.900. The van der Waals surface area contributed by atoms with Crippen LogP contribution in [0.3, 0.4) is 0 Å². The third-order valence-electron chi connectivity index (χ3n) is 2.94. The summed E-state index contributed by atoms with van der Waals surface area (Å²) in [6.07, 6.45) is 0.445. The molecule has 1 fully saturated rings. The van der Waals surface area contributed by atoms with E-state index in [-0.39, 0.29) is 24.7 Å². The summed E-state index contributed by atoms with van der Waals surface area (Å²) in [5.41, 5.74) is -0.00849. The van der Waals surface area contributed by atoms with Crippen molar-refractivity contribution >= 4 is 11.8 Å². The molecule has 1 saturated heterocycles. The van der Waals surface area contributed by atoms with Crippen LogP contribution in [-0.4, -0.2) is 41.9 Å². The van der Waals surface area contributed by atoms with E-state index >= 15 is 0 Å². The van der Waals surface area contributed by atoms with Gasteiger partial charge in [-0.25, -0.2) is 0 Å². The summed E-state index contributed by atoms with van der Waals surface area (Å²) in [6.45, 7) is 9.57. The molecule has 0 aliphatic carbocycles. The van der Waals surface area contributed by atoms with Crippen molar-refractivity contribution in [2.45, 2.75) is 47.1 Å². The Labute approximate surface area is 104 Å². The molecule has 1 rings (SSSR count). The summed E-state index contributed by atoms with van der Waals surface area (Å²) in [5.74, 6) is -0.951. The zero-order valence-electron chi connectivity index (χ0n) is 10.6. The highest BCUT2D eigenvalue weighted by Gasteiger charge is 2.37. The first kappa shape index (κ1) is 16.1. The summed E-state index contributed by atoms with van der Waals surface area (Å²) < 4.78 is 4.93. The highest BCUT2D eigenvalue weighted by Crippen LogP contribution is 2.22. The molecule has 0 amide bonds. The van der Waals surface area contributed by atoms with Crippen molar-refractivity contribution in [1.82, 2.24) is 4.90 Å². The molecule has 0 aromatic carbocycles. The number of hydrogen-bond donors (Lipinski definition) is 0. The van der Waals surface area contributed by atoms with Crippen LogP contribution in [0.15, 0.2) is 0 Å². The Morgan fingerprint density at radius 1 is 1.47 bits per heavy atom. The Bertz CT molecular complexity index is 281. The normalized spacial score (nSPS) is 21.9. The smallest absolute Gasteiger partial charge is 0.317 e. The van der Waals surface area contributed by atoms with Crippen LogP contribution in [0.4, 0.5) is 0 Å². The van der Waals surface area contributed by atoms with Crippen LogP contribution >= 0.6 is 0 Å². The lowest BCUT2D eigenvalue weighted by Crippen LogP contribution is -2.52. The molecule has 0 spiro atoms. The second kappa shape index (κ2) is 6.15. The fourth-order valence-electron chi connectivity index (χ4n) is 1.89. The van der Waals surface area contributed by atoms with Crippen molar-refractivity contribution in [3.63, 3.8) is 0 Å². The number of carbonyl (C=O) groups is 2. The van der Waals surface area contributed by atoms with Crippen LogP contribution in [0.2, 0.25) is 0 Å². The molecular formula is C13H25NO3. The Morgan fingerprint density at radius 2 is 2.06 bits per heavy atom. The van der Waals surface area contributed by atoms with Crippen LogP contribution in [0, 0.1) is 5.92 Å². The van der Waals surface area contributed by atoms with Crippen molar-refractivity contribution in [2.75, 3.05) is 19.7 Å². The predicted octanol–water partition coefficient (Wildman–Crippen LogP) is 1.88. The van der Waals surface area contributed by atoms with Gasteiger partial charge in [-0.2, -0.15) is 0 Å². The molecule has 1 atom stereocenters. The highest BCUT2D eigenvalue weighted by molar-refractivity contribution is 5.99. The number of nitrogens with zero attached hydrogens (tertiary/aromatic N) is 1. The molecule has 1 aliphatic heterocycles. The molecule has 1 heterocycles. The molecule has 0 aromatic heterocycles. The van der Waals surface area contributed by atoms with Crippen LogP contribution in [-0.2, 0) is 14.3 Å². The standard InChI is InChI=1S/C12H21NO3.CH4/c1-5-16-11(15)9-8-13(12(2,3)4)7-6-10(9)14;/h9H,5-8H2,1-4H3;1H4. The summed E-state index contributed by atoms with van der Waals surface area (Å²) in [4.78, 5) is 25.4. The maximum atomic E-state index is 11.7. The molecule has 0 bridgehead atoms. The fraction of sp³-hybridized carbons (Fsp3) is 0.846. The second-order valence-electron chi connectivity index (χ2n) is 5.14. The Morgan fingerprint density at radius 3 is 2.53 bits per heavy atom. The van der Waals surface area contributed by atoms with E-state index in [1.807, 2.05) is 0 Å². The van der Waals surface area contributed by atoms with Gasteiger partial charge >= 0.3 is 5.97 Å². The molecule has 4 nitrogen and oxygen atoms in total. The summed E-state index contributed by atoms with van der Waals surface area (Å²) >= 11 is 0. The van der Waals surface area contributed by atoms with Gasteiger partial charge in [-0.05, 0) is 27.7 Å². The first-order valence-electron chi connectivity index (χ1n) is 5.80. The average molecular weight is 243 g/mol. The largest absolute Gasteiger partial charge is 0.465 e. The minimum atomic E-state index is -0.590. The van der Waals surface area contributed by atoms with Crippen LogP contribution in [0.25, 0.3) is 0 Å². The lowest BCUT2D eigenvalue weighted by molar-refractivity contribution is -0.154. The van der Waals surface area contributed by atoms with Gasteiger partial charge in [0.15, 0.2) is 0 Å². The lowest BCUT2D eigenvalue weighted by atomic mass is 9.92. The lowest BCUT2D eigenvalue weighted by Gasteiger charge is -2.40. The first-order chi connectivity index (χ1) is 7.36. The molecule has 0 saturated carbocycles. The number of carbonyl (C=O) groups excluding carboxylic acids is 2. The van der Waals surface area contributed by atoms with Crippen molar-refractivity contribution in [1.29, 1.82) is 0 Å². The van der Waals surface area contributed by atoms with Crippen molar-refractivity contribution in [3.05, 3.63) is 0 Å². The van der Waals surface area contributed by atoms with Gasteiger partial charge in [0.2, 0.25) is 0 Å². The molecular weight excluding hydrogens is 218 g/mol. The quantitative estimate of drug-likeness (QED) is 0.549. The zero-order valence-corrected chi connectivity index (χ0v) is 10.6. The molecule has 0 aromatic rings. The number of ether oxygens (including phenoxy) is 1. The van der Waals surface area contributed by atoms with E-state index in [1.54, 1.807) is 6.92 Å². The van der Waals surface area contributed by atoms with Gasteiger partial charge in [-0.1, -0.05) is 7.43 Å². The topological polar surface area (TPSA) is 46.6 Å². The third-order valence-corrected chi connectivity index (χ3v) is 2.94. The van der Waals surface area contributed by atoms with Crippen LogP contribution in [0.5, 0.6) is 0 Å². The predicted molar refractivity (Wildman–Crippen MR) is 67.8 cm³/mol. The fourth-order valence-corrected chi connectivity index (χ4v) is 1.89. The number of Topliss-reactive ketones (excluding diaryl/α,β-unsaturated/α-hetero) is 1. The van der Waals surface area contributed by atoms with Gasteiger partial charge in [-0.3, -0.25) is 14.5 Å². The molecule has 0 N–H and O–H groups in total. The summed E-state index contributed by atoms with van der Waals surface area (Å²) in [6, 6.07) is 0. The number of hydrogen-bond acceptors (Lipinski definition) is 4. The molecule has 0 radical (unpaired) electrons. The van der Waals surface area contributed by atoms with Crippen molar-refractivity contribution in [2.24, 2.45) is 5.92 Å². The SMILES string of the molecule is C.CCOC(=O)C1CN(C(C)(C)C)CCC1=O. The van der Waals surface area contributed by atoms with Crippen molar-refractivity contribution in [3.8, 4) is 0 Å². The second-order valence-corrected chi connectivity index (χ2v) is 5.14. The van der Waals surface area contributed by atoms with E-state index in [9.17, 15) is 9.59 Å². The first-order valence-corrected chi connectivity index (χ1v) is 5.80. The van der Waals surface area contributed by atoms with Crippen molar-refractivity contribution < 1.29 is 14.3 Å². The van der Waals surface area contributed by atoms with Crippen LogP contribution in [0.1, 0.15) is 41.5 Å². The van der Waals surface area contributed by atoms with Gasteiger partial charge in [-0.15, -0.1) is 0 Å². The molecule has 100 valence electrons. The number of rotatable bonds is 2. The number of likely N-dealkylation sites (tertiary alicyclic amines) is 1. The molecule has 1 unspecified atom stereocenters. The maximum Gasteiger partial charge on any atom is 0.317 e. The number of piperidine rings is 1. The molecule has 4 heteroatoms. The summed E-state index contributed by atoms with van der Waals surface area (Å²) in [5, 5.41) is 0. The zero-order chi connectivity index (χ0) is 12.3. The van der Waals surface area contributed by atoms with E-state index in [4.69, 9.17) is 4.74 Å². The van der Waals surface area contributed by atoms with E-state index in [1.165, 1.54) is 0 Å². The van der Waals surface area contributed by atoms with Gasteiger partial charge in [0.25, 0.3) is 0 Å². The molecule has 1 aliphatic rings. The van der Waals surface area contributed by atoms with Crippen LogP contribution < -0.4 is 0 Å². The van der Waals surface area contributed by atoms with E-state index < -0.39 is 5.92 Å². The molecule has 17 heavy (non-hydrogen) atoms. The number of ketones is 1. The minimum absolute atomic E-state index is 0. The van der Waals surface area contributed by atoms with Gasteiger partial charge < -0.3 is 4.74 Å². The Kier molecular flexibility index (Phi) is 5.82. The van der Waals surface area contributed by atoms with E-state index in [0.29, 0.717) is 19.6 Å². The monoisotopic (exact) mass is 243 g/mol. The number of esters is 1. The average Bonchev–Trinajstić information content (AvgIpc) is 2.16. The van der Waals surface area contributed by atoms with E-state index in [0.717, 1.165) is 6.54 Å². The Balaban J connectivity index is 0.00000256. The highest BCUT2D eigenvalue weighted by atomic mass is 16.5. The maximum absolute atomic E-state index is 11.7. The van der Waals surface area contributed by atoms with Gasteiger partial charge in [0, 0.05) is 25.0 Å². The minimum Gasteiger partial charge on any atom is -0.465 e. The summed E-state index contributed by atoms with van der Waals surface area (Å²) in [7, 11) is 0. The third kappa shape index (κ3) is 4.11.